The van der Waals surface area contributed by atoms with Gasteiger partial charge in [0.1, 0.15) is 0 Å². The topological polar surface area (TPSA) is 28.2 Å². The molecule has 0 radical (unpaired) electrons. The number of nitrogens with zero attached hydrogens (tertiary/aromatic N) is 2. The molecule has 2 fully saturated rings. The number of rotatable bonds is 5. The van der Waals surface area contributed by atoms with Crippen molar-refractivity contribution in [2.75, 3.05) is 13.1 Å². The highest BCUT2D eigenvalue weighted by Gasteiger charge is 2.36. The van der Waals surface area contributed by atoms with Crippen LogP contribution in [0.5, 0.6) is 0 Å². The molecule has 1 saturated heterocycles. The van der Waals surface area contributed by atoms with Gasteiger partial charge in [0, 0.05) is 44.1 Å². The first kappa shape index (κ1) is 13.1. The molecule has 1 aromatic heterocycles. The zero-order valence-corrected chi connectivity index (χ0v) is 11.9. The highest BCUT2D eigenvalue weighted by molar-refractivity contribution is 5.09. The quantitative estimate of drug-likeness (QED) is 0.880. The monoisotopic (exact) mass is 259 g/mol. The summed E-state index contributed by atoms with van der Waals surface area (Å²) in [6, 6.07) is 5.67. The number of nitrogens with one attached hydrogen (secondary N) is 1. The molecule has 2 heterocycles. The highest BCUT2D eigenvalue weighted by atomic mass is 15.2. The van der Waals surface area contributed by atoms with Crippen molar-refractivity contribution < 1.29 is 0 Å². The van der Waals surface area contributed by atoms with E-state index in [1.165, 1.54) is 37.8 Å². The molecule has 3 heteroatoms. The summed E-state index contributed by atoms with van der Waals surface area (Å²) in [6.07, 6.45) is 9.29. The van der Waals surface area contributed by atoms with E-state index in [-0.39, 0.29) is 0 Å². The molecule has 3 nitrogen and oxygen atoms in total. The van der Waals surface area contributed by atoms with Gasteiger partial charge in [0.25, 0.3) is 0 Å². The average molecular weight is 259 g/mol. The van der Waals surface area contributed by atoms with Crippen LogP contribution in [0.3, 0.4) is 0 Å². The fourth-order valence-corrected chi connectivity index (χ4v) is 3.23. The molecule has 19 heavy (non-hydrogen) atoms. The zero-order valence-electron chi connectivity index (χ0n) is 11.9. The third kappa shape index (κ3) is 3.34. The number of aromatic nitrogens is 1. The van der Waals surface area contributed by atoms with E-state index in [0.29, 0.717) is 6.04 Å². The van der Waals surface area contributed by atoms with E-state index < -0.39 is 0 Å². The van der Waals surface area contributed by atoms with Crippen molar-refractivity contribution in [2.24, 2.45) is 5.92 Å². The molecule has 104 valence electrons. The van der Waals surface area contributed by atoms with Gasteiger partial charge in [-0.05, 0) is 36.8 Å². The van der Waals surface area contributed by atoms with Crippen molar-refractivity contribution in [1.29, 1.82) is 0 Å². The minimum Gasteiger partial charge on any atom is -0.311 e. The van der Waals surface area contributed by atoms with Crippen LogP contribution in [0.4, 0.5) is 0 Å². The fourth-order valence-electron chi connectivity index (χ4n) is 3.23. The molecule has 2 aliphatic rings. The molecule has 0 amide bonds. The summed E-state index contributed by atoms with van der Waals surface area (Å²) in [6.45, 7) is 5.72. The van der Waals surface area contributed by atoms with Crippen LogP contribution in [0.25, 0.3) is 0 Å². The number of hydrogen-bond donors (Lipinski definition) is 1. The second-order valence-corrected chi connectivity index (χ2v) is 6.09. The van der Waals surface area contributed by atoms with E-state index in [1.807, 2.05) is 18.5 Å². The second kappa shape index (κ2) is 6.02. The van der Waals surface area contributed by atoms with Crippen molar-refractivity contribution in [3.63, 3.8) is 0 Å². The lowest BCUT2D eigenvalue weighted by molar-refractivity contribution is 0.108. The van der Waals surface area contributed by atoms with Crippen LogP contribution in [0, 0.1) is 5.92 Å². The molecule has 3 rings (SSSR count). The Morgan fingerprint density at radius 2 is 2.32 bits per heavy atom. The molecule has 1 aliphatic heterocycles. The summed E-state index contributed by atoms with van der Waals surface area (Å²) in [5.74, 6) is 0.943. The van der Waals surface area contributed by atoms with Crippen molar-refractivity contribution in [2.45, 2.75) is 51.2 Å². The Kier molecular flexibility index (Phi) is 4.14. The minimum absolute atomic E-state index is 0.695. The molecule has 1 aliphatic carbocycles. The van der Waals surface area contributed by atoms with Gasteiger partial charge >= 0.3 is 0 Å². The maximum atomic E-state index is 4.25. The van der Waals surface area contributed by atoms with Crippen LogP contribution in [0.15, 0.2) is 24.5 Å². The lowest BCUT2D eigenvalue weighted by Crippen LogP contribution is -2.56. The van der Waals surface area contributed by atoms with Crippen LogP contribution >= 0.6 is 0 Å². The predicted molar refractivity (Wildman–Crippen MR) is 77.9 cm³/mol. The van der Waals surface area contributed by atoms with Crippen LogP contribution in [0.2, 0.25) is 0 Å². The van der Waals surface area contributed by atoms with Gasteiger partial charge in [-0.25, -0.2) is 0 Å². The number of hydrogen-bond acceptors (Lipinski definition) is 3. The van der Waals surface area contributed by atoms with Crippen LogP contribution in [-0.2, 0) is 6.54 Å². The predicted octanol–water partition coefficient (Wildman–Crippen LogP) is 2.43. The SMILES string of the molecule is CCCC1CNC(C2CC2)CN1Cc1cccnc1. The average Bonchev–Trinajstić information content (AvgIpc) is 3.27. The van der Waals surface area contributed by atoms with Crippen LogP contribution < -0.4 is 5.32 Å². The summed E-state index contributed by atoms with van der Waals surface area (Å²) in [4.78, 5) is 6.93. The molecule has 1 saturated carbocycles. The van der Waals surface area contributed by atoms with Gasteiger partial charge in [0.2, 0.25) is 0 Å². The second-order valence-electron chi connectivity index (χ2n) is 6.09. The summed E-state index contributed by atoms with van der Waals surface area (Å²) in [5.41, 5.74) is 1.35. The Bertz CT molecular complexity index is 388. The Morgan fingerprint density at radius 1 is 1.42 bits per heavy atom. The van der Waals surface area contributed by atoms with Gasteiger partial charge in [0.05, 0.1) is 0 Å². The molecule has 0 spiro atoms. The lowest BCUT2D eigenvalue weighted by Gasteiger charge is -2.40. The first-order valence-corrected chi connectivity index (χ1v) is 7.73. The van der Waals surface area contributed by atoms with Crippen LogP contribution in [-0.4, -0.2) is 35.1 Å². The summed E-state index contributed by atoms with van der Waals surface area (Å²) < 4.78 is 0. The number of pyridine rings is 1. The van der Waals surface area contributed by atoms with Crippen LogP contribution in [0.1, 0.15) is 38.2 Å². The maximum Gasteiger partial charge on any atom is 0.0312 e. The van der Waals surface area contributed by atoms with E-state index in [1.54, 1.807) is 0 Å². The smallest absolute Gasteiger partial charge is 0.0312 e. The first-order chi connectivity index (χ1) is 9.36. The van der Waals surface area contributed by atoms with Gasteiger partial charge in [0.15, 0.2) is 0 Å². The normalized spacial score (nSPS) is 28.5. The van der Waals surface area contributed by atoms with Gasteiger partial charge in [-0.1, -0.05) is 19.4 Å². The number of piperazine rings is 1. The molecular weight excluding hydrogens is 234 g/mol. The molecule has 0 aromatic carbocycles. The Hall–Kier alpha value is -0.930. The van der Waals surface area contributed by atoms with Gasteiger partial charge in [-0.2, -0.15) is 0 Å². The van der Waals surface area contributed by atoms with E-state index in [4.69, 9.17) is 0 Å². The molecule has 1 N–H and O–H groups in total. The molecule has 0 bridgehead atoms. The van der Waals surface area contributed by atoms with E-state index in [2.05, 4.69) is 28.2 Å². The Labute approximate surface area is 116 Å². The van der Waals surface area contributed by atoms with E-state index in [0.717, 1.165) is 25.0 Å². The third-order valence-electron chi connectivity index (χ3n) is 4.48. The van der Waals surface area contributed by atoms with Gasteiger partial charge in [-0.15, -0.1) is 0 Å². The lowest BCUT2D eigenvalue weighted by atomic mass is 10.0. The van der Waals surface area contributed by atoms with Gasteiger partial charge in [-0.3, -0.25) is 9.88 Å². The fraction of sp³-hybridized carbons (Fsp3) is 0.688. The summed E-state index contributed by atoms with van der Waals surface area (Å²) in [7, 11) is 0. The van der Waals surface area contributed by atoms with E-state index in [9.17, 15) is 0 Å². The third-order valence-corrected chi connectivity index (χ3v) is 4.48. The summed E-state index contributed by atoms with van der Waals surface area (Å²) in [5, 5.41) is 3.77. The van der Waals surface area contributed by atoms with Crippen molar-refractivity contribution in [3.8, 4) is 0 Å². The van der Waals surface area contributed by atoms with Crippen molar-refractivity contribution in [3.05, 3.63) is 30.1 Å². The molecule has 2 atom stereocenters. The first-order valence-electron chi connectivity index (χ1n) is 7.73. The van der Waals surface area contributed by atoms with Crippen molar-refractivity contribution in [1.82, 2.24) is 15.2 Å². The minimum atomic E-state index is 0.695. The molecular formula is C16H25N3. The Morgan fingerprint density at radius 3 is 3.00 bits per heavy atom. The molecule has 2 unspecified atom stereocenters. The van der Waals surface area contributed by atoms with Crippen molar-refractivity contribution >= 4 is 0 Å². The van der Waals surface area contributed by atoms with E-state index >= 15 is 0 Å². The zero-order chi connectivity index (χ0) is 13.1. The maximum absolute atomic E-state index is 4.25. The highest BCUT2D eigenvalue weighted by Crippen LogP contribution is 2.34. The molecule has 1 aromatic rings. The Balaban J connectivity index is 1.65. The standard InChI is InChI=1S/C16H25N3/c1-2-4-15-10-18-16(14-6-7-14)12-19(15)11-13-5-3-8-17-9-13/h3,5,8-9,14-16,18H,2,4,6-7,10-12H2,1H3. The summed E-state index contributed by atoms with van der Waals surface area (Å²) >= 11 is 0. The van der Waals surface area contributed by atoms with Gasteiger partial charge < -0.3 is 5.32 Å². The largest absolute Gasteiger partial charge is 0.311 e.